The molecule has 1 atom stereocenters. The maximum absolute atomic E-state index is 12.4. The molecule has 162 valence electrons. The van der Waals surface area contributed by atoms with Crippen molar-refractivity contribution in [3.8, 4) is 0 Å². The third kappa shape index (κ3) is 5.80. The second-order valence-corrected chi connectivity index (χ2v) is 12.5. The summed E-state index contributed by atoms with van der Waals surface area (Å²) >= 11 is 0. The number of rotatable bonds is 10. The quantitative estimate of drug-likeness (QED) is 0.460. The summed E-state index contributed by atoms with van der Waals surface area (Å²) in [5.74, 6) is -1.83. The monoisotopic (exact) mass is 429 g/mol. The normalized spacial score (nSPS) is 14.5. The summed E-state index contributed by atoms with van der Waals surface area (Å²) in [5.41, 5.74) is 0. The van der Waals surface area contributed by atoms with Gasteiger partial charge in [-0.2, -0.15) is 0 Å². The van der Waals surface area contributed by atoms with Gasteiger partial charge in [-0.25, -0.2) is 0 Å². The van der Waals surface area contributed by atoms with Gasteiger partial charge in [0.15, 0.2) is 0 Å². The number of carboxylic acids is 1. The molecule has 5 nitrogen and oxygen atoms in total. The lowest BCUT2D eigenvalue weighted by atomic mass is 10.2. The van der Waals surface area contributed by atoms with Crippen LogP contribution in [0.5, 0.6) is 0 Å². The molecule has 2 aromatic carbocycles. The van der Waals surface area contributed by atoms with Gasteiger partial charge in [-0.1, -0.05) is 88.4 Å². The van der Waals surface area contributed by atoms with Gasteiger partial charge in [0, 0.05) is 0 Å². The van der Waals surface area contributed by atoms with Crippen molar-refractivity contribution in [1.29, 1.82) is 0 Å². The Morgan fingerprint density at radius 3 is 1.90 bits per heavy atom. The fourth-order valence-electron chi connectivity index (χ4n) is 3.60. The van der Waals surface area contributed by atoms with Gasteiger partial charge in [0.1, 0.15) is 0 Å². The first-order chi connectivity index (χ1) is 14.5. The molecule has 0 saturated carbocycles. The molecule has 0 heterocycles. The minimum Gasteiger partial charge on any atom is -0.481 e. The van der Waals surface area contributed by atoms with Gasteiger partial charge in [0.2, 0.25) is 0 Å². The molecule has 0 bridgehead atoms. The second kappa shape index (κ2) is 10.5. The lowest BCUT2D eigenvalue weighted by Gasteiger charge is -2.45. The first-order valence-corrected chi connectivity index (χ1v) is 12.1. The van der Waals surface area contributed by atoms with E-state index in [9.17, 15) is 14.7 Å². The van der Waals surface area contributed by atoms with Gasteiger partial charge >= 0.3 is 11.9 Å². The number of carboxylic acid groups (broad SMARTS) is 1. The highest BCUT2D eigenvalue weighted by molar-refractivity contribution is 6.99. The Kier molecular flexibility index (Phi) is 7.82. The van der Waals surface area contributed by atoms with Crippen LogP contribution in [0.25, 0.3) is 0 Å². The molecule has 1 N–H and O–H groups in total. The molecule has 0 amide bonds. The molecule has 0 aliphatic carbocycles. The fourth-order valence-corrected chi connectivity index (χ4v) is 8.11. The van der Waals surface area contributed by atoms with Crippen LogP contribution in [0.15, 0.2) is 60.7 Å². The number of esters is 1. The summed E-state index contributed by atoms with van der Waals surface area (Å²) in [5, 5.41) is 10.9. The number of hydrogen-bond donors (Lipinski definition) is 1. The zero-order chi connectivity index (χ0) is 23.1. The van der Waals surface area contributed by atoms with Crippen LogP contribution in [0.1, 0.15) is 48.3 Å². The standard InChI is InChI=1S/C24H32O5Si/c1-5-16-28-23(27)18-19(17-22(25)26)29-30(24(2,3)4,20-12-8-6-9-13-20)21-14-10-7-11-15-21/h6-15,19H,5,16-18H2,1-4H3,(H,25,26)/t19-/m0/s1/i19D. The summed E-state index contributed by atoms with van der Waals surface area (Å²) < 4.78 is 20.8. The summed E-state index contributed by atoms with van der Waals surface area (Å²) in [6.07, 6.45) is -2.41. The van der Waals surface area contributed by atoms with Crippen LogP contribution >= 0.6 is 0 Å². The minimum absolute atomic E-state index is 0.223. The van der Waals surface area contributed by atoms with E-state index in [4.69, 9.17) is 10.5 Å². The molecule has 0 aromatic heterocycles. The van der Waals surface area contributed by atoms with E-state index >= 15 is 0 Å². The molecule has 0 spiro atoms. The third-order valence-corrected chi connectivity index (χ3v) is 9.87. The Morgan fingerprint density at radius 1 is 1.00 bits per heavy atom. The molecule has 30 heavy (non-hydrogen) atoms. The topological polar surface area (TPSA) is 72.8 Å². The molecule has 0 aliphatic rings. The second-order valence-electron chi connectivity index (χ2n) is 8.27. The number of carbonyl (C=O) groups excluding carboxylic acids is 1. The third-order valence-electron chi connectivity index (χ3n) is 4.87. The predicted molar refractivity (Wildman–Crippen MR) is 121 cm³/mol. The van der Waals surface area contributed by atoms with E-state index in [-0.39, 0.29) is 6.61 Å². The summed E-state index contributed by atoms with van der Waals surface area (Å²) in [7, 11) is -3.21. The van der Waals surface area contributed by atoms with Crippen molar-refractivity contribution in [3.63, 3.8) is 0 Å². The number of aliphatic carboxylic acids is 1. The number of carbonyl (C=O) groups is 2. The molecule has 6 heteroatoms. The van der Waals surface area contributed by atoms with Gasteiger partial charge in [-0.15, -0.1) is 0 Å². The number of ether oxygens (including phenoxy) is 1. The summed E-state index contributed by atoms with van der Waals surface area (Å²) in [6, 6.07) is 19.3. The number of hydrogen-bond acceptors (Lipinski definition) is 4. The number of benzene rings is 2. The molecule has 2 rings (SSSR count). The Morgan fingerprint density at radius 2 is 1.50 bits per heavy atom. The predicted octanol–water partition coefficient (Wildman–Crippen LogP) is 3.75. The van der Waals surface area contributed by atoms with Gasteiger partial charge < -0.3 is 14.3 Å². The Bertz CT molecular complexity index is 827. The fraction of sp³-hybridized carbons (Fsp3) is 0.417. The SMILES string of the molecule is [2H][C@](CC(=O)O)(CC(=O)OCCC)O[Si](c1ccccc1)(c1ccccc1)C(C)(C)C. The first-order valence-electron chi connectivity index (χ1n) is 10.7. The van der Waals surface area contributed by atoms with Crippen LogP contribution < -0.4 is 10.4 Å². The van der Waals surface area contributed by atoms with Gasteiger partial charge in [0.25, 0.3) is 8.32 Å². The highest BCUT2D eigenvalue weighted by Gasteiger charge is 2.51. The van der Waals surface area contributed by atoms with E-state index in [0.29, 0.717) is 6.42 Å². The van der Waals surface area contributed by atoms with Crippen molar-refractivity contribution in [2.45, 2.75) is 58.1 Å². The average molecular weight is 430 g/mol. The van der Waals surface area contributed by atoms with E-state index in [1.54, 1.807) is 0 Å². The zero-order valence-corrected chi connectivity index (χ0v) is 19.2. The molecule has 0 radical (unpaired) electrons. The van der Waals surface area contributed by atoms with Crippen molar-refractivity contribution >= 4 is 30.6 Å². The molecule has 0 aliphatic heterocycles. The minimum atomic E-state index is -3.21. The largest absolute Gasteiger partial charge is 0.481 e. The van der Waals surface area contributed by atoms with Gasteiger partial charge in [-0.3, -0.25) is 9.59 Å². The lowest BCUT2D eigenvalue weighted by molar-refractivity contribution is -0.146. The molecule has 2 aromatic rings. The maximum atomic E-state index is 12.4. The maximum Gasteiger partial charge on any atom is 0.308 e. The van der Waals surface area contributed by atoms with Crippen molar-refractivity contribution in [2.24, 2.45) is 0 Å². The molecule has 0 saturated heterocycles. The Labute approximate surface area is 181 Å². The van der Waals surface area contributed by atoms with E-state index in [1.807, 2.05) is 88.4 Å². The highest BCUT2D eigenvalue weighted by Crippen LogP contribution is 2.38. The first kappa shape index (κ1) is 22.2. The van der Waals surface area contributed by atoms with Crippen molar-refractivity contribution in [2.75, 3.05) is 6.61 Å². The molecule has 0 fully saturated rings. The van der Waals surface area contributed by atoms with Crippen LogP contribution in [0, 0.1) is 0 Å². The van der Waals surface area contributed by atoms with Crippen molar-refractivity contribution in [3.05, 3.63) is 60.7 Å². The van der Waals surface area contributed by atoms with E-state index in [2.05, 4.69) is 0 Å². The summed E-state index contributed by atoms with van der Waals surface area (Å²) in [4.78, 5) is 24.1. The average Bonchev–Trinajstić information content (AvgIpc) is 2.70. The molecular formula is C24H32O5Si. The van der Waals surface area contributed by atoms with Crippen LogP contribution in [0.4, 0.5) is 0 Å². The van der Waals surface area contributed by atoms with Gasteiger partial charge in [0.05, 0.1) is 26.9 Å². The van der Waals surface area contributed by atoms with Crippen LogP contribution in [-0.2, 0) is 18.8 Å². The van der Waals surface area contributed by atoms with Crippen LogP contribution in [-0.4, -0.2) is 38.0 Å². The van der Waals surface area contributed by atoms with Crippen LogP contribution in [0.3, 0.4) is 0 Å². The van der Waals surface area contributed by atoms with Crippen molar-refractivity contribution < 1.29 is 25.2 Å². The van der Waals surface area contributed by atoms with Crippen LogP contribution in [0.2, 0.25) is 5.04 Å². The Balaban J connectivity index is 2.66. The molecule has 0 unspecified atom stereocenters. The van der Waals surface area contributed by atoms with E-state index in [0.717, 1.165) is 10.4 Å². The zero-order valence-electron chi connectivity index (χ0n) is 19.2. The van der Waals surface area contributed by atoms with Gasteiger partial charge in [-0.05, 0) is 21.8 Å². The summed E-state index contributed by atoms with van der Waals surface area (Å²) in [6.45, 7) is 8.21. The van der Waals surface area contributed by atoms with E-state index in [1.165, 1.54) is 0 Å². The van der Waals surface area contributed by atoms with Crippen molar-refractivity contribution in [1.82, 2.24) is 0 Å². The lowest BCUT2D eigenvalue weighted by Crippen LogP contribution is -2.67. The molecular weight excluding hydrogens is 396 g/mol. The van der Waals surface area contributed by atoms with E-state index < -0.39 is 44.2 Å². The highest BCUT2D eigenvalue weighted by atomic mass is 28.4. The Hall–Kier alpha value is -2.44. The smallest absolute Gasteiger partial charge is 0.308 e.